The van der Waals surface area contributed by atoms with E-state index in [1.54, 1.807) is 0 Å². The lowest BCUT2D eigenvalue weighted by atomic mass is 9.87. The summed E-state index contributed by atoms with van der Waals surface area (Å²) in [6.45, 7) is 0.376. The van der Waals surface area contributed by atoms with Gasteiger partial charge >= 0.3 is 0 Å². The Bertz CT molecular complexity index is 722. The minimum absolute atomic E-state index is 0.376. The van der Waals surface area contributed by atoms with Crippen LogP contribution < -0.4 is 0 Å². The predicted octanol–water partition coefficient (Wildman–Crippen LogP) is 4.61. The van der Waals surface area contributed by atoms with Gasteiger partial charge in [-0.3, -0.25) is 0 Å². The maximum Gasteiger partial charge on any atom is 0.217 e. The number of hydrogen-bond acceptors (Lipinski definition) is 3. The van der Waals surface area contributed by atoms with Crippen molar-refractivity contribution < 1.29 is 14.5 Å². The van der Waals surface area contributed by atoms with Gasteiger partial charge in [-0.1, -0.05) is 91.0 Å². The first-order valence-electron chi connectivity index (χ1n) is 8.01. The van der Waals surface area contributed by atoms with E-state index < -0.39 is 11.9 Å². The van der Waals surface area contributed by atoms with Gasteiger partial charge in [0.15, 0.2) is 5.60 Å². The Morgan fingerprint density at radius 3 is 1.62 bits per heavy atom. The minimum Gasteiger partial charge on any atom is -0.342 e. The second kappa shape index (κ2) is 6.57. The molecule has 3 heteroatoms. The highest BCUT2D eigenvalue weighted by molar-refractivity contribution is 5.36. The highest BCUT2D eigenvalue weighted by atomic mass is 17.2. The molecule has 3 aromatic carbocycles. The van der Waals surface area contributed by atoms with Crippen LogP contribution in [0.5, 0.6) is 0 Å². The summed E-state index contributed by atoms with van der Waals surface area (Å²) in [5.74, 6) is 0. The summed E-state index contributed by atoms with van der Waals surface area (Å²) in [5.41, 5.74) is 2.17. The monoisotopic (exact) mass is 318 g/mol. The summed E-state index contributed by atoms with van der Waals surface area (Å²) in [5, 5.41) is 0. The highest BCUT2D eigenvalue weighted by Crippen LogP contribution is 2.40. The van der Waals surface area contributed by atoms with Gasteiger partial charge in [0.05, 0.1) is 6.61 Å². The molecule has 1 unspecified atom stereocenters. The SMILES string of the molecule is c1ccc(C2OCC(c3ccccc3)(c3ccccc3)OO2)cc1. The van der Waals surface area contributed by atoms with E-state index in [-0.39, 0.29) is 0 Å². The zero-order valence-electron chi connectivity index (χ0n) is 13.2. The molecule has 1 saturated heterocycles. The Morgan fingerprint density at radius 1 is 0.667 bits per heavy atom. The molecule has 4 rings (SSSR count). The van der Waals surface area contributed by atoms with Crippen LogP contribution in [0.2, 0.25) is 0 Å². The summed E-state index contributed by atoms with van der Waals surface area (Å²) in [6, 6.07) is 29.9. The Kier molecular flexibility index (Phi) is 4.13. The molecule has 0 bridgehead atoms. The molecule has 3 nitrogen and oxygen atoms in total. The van der Waals surface area contributed by atoms with Crippen molar-refractivity contribution in [3.8, 4) is 0 Å². The van der Waals surface area contributed by atoms with E-state index in [1.807, 2.05) is 91.0 Å². The normalized spacial score (nSPS) is 19.8. The average Bonchev–Trinajstić information content (AvgIpc) is 2.70. The van der Waals surface area contributed by atoms with E-state index >= 15 is 0 Å². The molecule has 0 aliphatic carbocycles. The number of ether oxygens (including phenoxy) is 1. The Hall–Kier alpha value is -2.46. The van der Waals surface area contributed by atoms with Crippen molar-refractivity contribution in [2.75, 3.05) is 6.61 Å². The van der Waals surface area contributed by atoms with E-state index in [1.165, 1.54) is 0 Å². The van der Waals surface area contributed by atoms with Crippen LogP contribution in [0, 0.1) is 0 Å². The first kappa shape index (κ1) is 15.1. The second-order valence-corrected chi connectivity index (χ2v) is 5.79. The fraction of sp³-hybridized carbons (Fsp3) is 0.143. The molecule has 0 aromatic heterocycles. The van der Waals surface area contributed by atoms with Crippen molar-refractivity contribution in [3.05, 3.63) is 108 Å². The van der Waals surface area contributed by atoms with Gasteiger partial charge in [-0.15, -0.1) is 0 Å². The van der Waals surface area contributed by atoms with Crippen LogP contribution in [0.3, 0.4) is 0 Å². The summed E-state index contributed by atoms with van der Waals surface area (Å²) in [4.78, 5) is 11.6. The fourth-order valence-electron chi connectivity index (χ4n) is 2.98. The Labute approximate surface area is 141 Å². The third-order valence-corrected chi connectivity index (χ3v) is 4.27. The standard InChI is InChI=1S/C21H18O3/c1-4-10-17(11-5-1)20-22-16-21(24-23-20,18-12-6-2-7-13-18)19-14-8-3-9-15-19/h1-15,20H,16H2. The molecule has 0 radical (unpaired) electrons. The van der Waals surface area contributed by atoms with Crippen LogP contribution in [-0.4, -0.2) is 6.61 Å². The van der Waals surface area contributed by atoms with Gasteiger partial charge in [0.25, 0.3) is 0 Å². The molecule has 1 aliphatic heterocycles. The molecule has 1 atom stereocenters. The van der Waals surface area contributed by atoms with Crippen molar-refractivity contribution >= 4 is 0 Å². The average molecular weight is 318 g/mol. The lowest BCUT2D eigenvalue weighted by Crippen LogP contribution is -2.41. The quantitative estimate of drug-likeness (QED) is 0.660. The van der Waals surface area contributed by atoms with Crippen LogP contribution in [0.25, 0.3) is 0 Å². The topological polar surface area (TPSA) is 27.7 Å². The van der Waals surface area contributed by atoms with Crippen molar-refractivity contribution in [2.24, 2.45) is 0 Å². The molecule has 24 heavy (non-hydrogen) atoms. The van der Waals surface area contributed by atoms with Crippen molar-refractivity contribution in [2.45, 2.75) is 11.9 Å². The van der Waals surface area contributed by atoms with E-state index in [9.17, 15) is 0 Å². The van der Waals surface area contributed by atoms with Crippen LogP contribution in [-0.2, 0) is 20.1 Å². The zero-order chi connectivity index (χ0) is 16.2. The molecule has 0 N–H and O–H groups in total. The predicted molar refractivity (Wildman–Crippen MR) is 91.0 cm³/mol. The van der Waals surface area contributed by atoms with Gasteiger partial charge in [0.2, 0.25) is 6.29 Å². The summed E-state index contributed by atoms with van der Waals surface area (Å²) >= 11 is 0. The van der Waals surface area contributed by atoms with Gasteiger partial charge in [-0.2, -0.15) is 4.89 Å². The van der Waals surface area contributed by atoms with Crippen LogP contribution in [0.1, 0.15) is 23.0 Å². The Morgan fingerprint density at radius 2 is 1.17 bits per heavy atom. The van der Waals surface area contributed by atoms with Crippen LogP contribution in [0.15, 0.2) is 91.0 Å². The molecule has 120 valence electrons. The summed E-state index contributed by atoms with van der Waals surface area (Å²) < 4.78 is 6.04. The lowest BCUT2D eigenvalue weighted by molar-refractivity contribution is -0.472. The van der Waals surface area contributed by atoms with E-state index in [0.717, 1.165) is 16.7 Å². The van der Waals surface area contributed by atoms with Gasteiger partial charge in [0, 0.05) is 5.56 Å². The van der Waals surface area contributed by atoms with Crippen molar-refractivity contribution in [1.29, 1.82) is 0 Å². The molecule has 3 aromatic rings. The first-order valence-corrected chi connectivity index (χ1v) is 8.01. The fourth-order valence-corrected chi connectivity index (χ4v) is 2.98. The van der Waals surface area contributed by atoms with E-state index in [0.29, 0.717) is 6.61 Å². The smallest absolute Gasteiger partial charge is 0.217 e. The molecular weight excluding hydrogens is 300 g/mol. The van der Waals surface area contributed by atoms with E-state index in [4.69, 9.17) is 14.5 Å². The minimum atomic E-state index is -0.770. The summed E-state index contributed by atoms with van der Waals surface area (Å²) in [7, 11) is 0. The van der Waals surface area contributed by atoms with Gasteiger partial charge in [-0.05, 0) is 11.1 Å². The summed E-state index contributed by atoms with van der Waals surface area (Å²) in [6.07, 6.45) is -0.522. The van der Waals surface area contributed by atoms with E-state index in [2.05, 4.69) is 0 Å². The molecule has 1 heterocycles. The highest BCUT2D eigenvalue weighted by Gasteiger charge is 2.42. The van der Waals surface area contributed by atoms with Crippen molar-refractivity contribution in [1.82, 2.24) is 0 Å². The largest absolute Gasteiger partial charge is 0.342 e. The van der Waals surface area contributed by atoms with Crippen LogP contribution in [0.4, 0.5) is 0 Å². The maximum atomic E-state index is 6.04. The molecular formula is C21H18O3. The number of rotatable bonds is 3. The van der Waals surface area contributed by atoms with Crippen LogP contribution >= 0.6 is 0 Å². The molecule has 0 saturated carbocycles. The first-order chi connectivity index (χ1) is 11.9. The number of benzene rings is 3. The maximum absolute atomic E-state index is 6.04. The van der Waals surface area contributed by atoms with Gasteiger partial charge in [0.1, 0.15) is 0 Å². The molecule has 1 aliphatic rings. The van der Waals surface area contributed by atoms with Gasteiger partial charge < -0.3 is 4.74 Å². The second-order valence-electron chi connectivity index (χ2n) is 5.79. The zero-order valence-corrected chi connectivity index (χ0v) is 13.2. The molecule has 0 spiro atoms. The third kappa shape index (κ3) is 2.74. The Balaban J connectivity index is 1.67. The number of hydrogen-bond donors (Lipinski definition) is 0. The van der Waals surface area contributed by atoms with Crippen molar-refractivity contribution in [3.63, 3.8) is 0 Å². The van der Waals surface area contributed by atoms with Gasteiger partial charge in [-0.25, -0.2) is 4.89 Å². The third-order valence-electron chi connectivity index (χ3n) is 4.27. The lowest BCUT2D eigenvalue weighted by Gasteiger charge is -2.39. The molecule has 0 amide bonds. The molecule has 1 fully saturated rings.